The summed E-state index contributed by atoms with van der Waals surface area (Å²) in [5.74, 6) is -31.7. The monoisotopic (exact) mass is 1850 g/mol. The lowest BCUT2D eigenvalue weighted by atomic mass is 9.51. The van der Waals surface area contributed by atoms with E-state index in [4.69, 9.17) is 104 Å². The van der Waals surface area contributed by atoms with Gasteiger partial charge in [-0.2, -0.15) is 43.9 Å². The van der Waals surface area contributed by atoms with Crippen molar-refractivity contribution in [2.75, 3.05) is 0 Å². The summed E-state index contributed by atoms with van der Waals surface area (Å²) in [5.41, 5.74) is -3.55. The lowest BCUT2D eigenvalue weighted by Gasteiger charge is -2.62. The first-order chi connectivity index (χ1) is 60.4. The second-order valence-electron chi connectivity index (χ2n) is 41.5. The average molecular weight is 1860 g/mol. The highest BCUT2D eigenvalue weighted by molar-refractivity contribution is 5.81. The number of carbonyl (C=O) groups excluding carboxylic acids is 10. The zero-order valence-corrected chi connectivity index (χ0v) is 70.6. The van der Waals surface area contributed by atoms with Crippen molar-refractivity contribution in [1.82, 2.24) is 0 Å². The maximum Gasteiger partial charge on any atom is 0.377 e. The number of fused-ring (bicyclic) bond motifs is 9. The third kappa shape index (κ3) is 14.9. The first kappa shape index (κ1) is 89.0. The highest BCUT2D eigenvalue weighted by Gasteiger charge is 2.78. The second-order valence-corrected chi connectivity index (χ2v) is 41.5. The molecule has 29 aliphatic rings. The molecule has 5 spiro atoms. The first-order valence-electron chi connectivity index (χ1n) is 44.8. The van der Waals surface area contributed by atoms with E-state index in [0.29, 0.717) is 149 Å². The third-order valence-electron chi connectivity index (χ3n) is 32.1. The normalized spacial score (nSPS) is 50.4. The minimum atomic E-state index is -3.53. The summed E-state index contributed by atoms with van der Waals surface area (Å²) in [7, 11) is 0. The Morgan fingerprint density at radius 3 is 1.02 bits per heavy atom. The van der Waals surface area contributed by atoms with Crippen LogP contribution in [0.3, 0.4) is 0 Å². The van der Waals surface area contributed by atoms with Crippen LogP contribution < -0.4 is 0 Å². The Balaban J connectivity index is 0.0000000982. The van der Waals surface area contributed by atoms with Gasteiger partial charge in [0, 0.05) is 94.8 Å². The van der Waals surface area contributed by atoms with Gasteiger partial charge in [-0.05, 0) is 165 Å². The minimum Gasteiger partial charge on any atom is -0.458 e. The number of halogens is 10. The molecule has 29 rings (SSSR count). The van der Waals surface area contributed by atoms with Crippen molar-refractivity contribution < 1.29 is 206 Å². The van der Waals surface area contributed by atoms with Crippen molar-refractivity contribution in [2.45, 2.75) is 394 Å². The molecule has 2 N–H and O–H groups in total. The highest BCUT2D eigenvalue weighted by Crippen LogP contribution is 2.71. The van der Waals surface area contributed by atoms with Crippen molar-refractivity contribution in [2.24, 2.45) is 71.0 Å². The third-order valence-corrected chi connectivity index (χ3v) is 32.1. The Morgan fingerprint density at radius 1 is 0.318 bits per heavy atom. The standard InChI is InChI=1S/C19H22F2O8.C19H22F2O7.C17H20F2O7.C17H20F2O6.C13H16F2O6/c1-17(20,21)16(24)29-18-4-7-2-8(5-18)19(9(3-7)6-18)27-13-12-11(26-15(13)28-19)10(22)14(23)25-12;1-17(20,21)16(23)28-18-5-8-2-9(6-18)19(10(3-8)7-18)26-14-13-11(4-12(22)25-13)24-15(14)27-19;1-15(18,19)14(22)26-16-4-7-2-8(5-16)17(9(3-7)6-16)24-11-10(20)12(21)23-13(11)25-17;1-15(18,19)14(21)25-16-5-8-2-9(6-16)17(10(3-8)7-16)23-11-4-12(20)22-13(11)24-17;1-12(14,15)11(17)18-7-2-4-13(5-3-7)20-8-6-9(16)19-10(8)21-13/h7-13,15,22H,2-6H2,1H3;8-11,13-15H,2-7H2,1H3;7-11,13,20H,2-6H2,1H3;8-11,13H,2-7H2,1H3;7-8,10H,2-6H2,1H3. The highest BCUT2D eigenvalue weighted by atomic mass is 19.3. The molecular weight excluding hydrogens is 1750 g/mol. The molecule has 0 radical (unpaired) electrons. The fourth-order valence-corrected chi connectivity index (χ4v) is 27.8. The molecule has 44 heteroatoms. The van der Waals surface area contributed by atoms with E-state index in [9.17, 15) is 102 Å². The van der Waals surface area contributed by atoms with Gasteiger partial charge in [0.25, 0.3) is 0 Å². The van der Waals surface area contributed by atoms with Gasteiger partial charge in [0.2, 0.25) is 18.9 Å². The summed E-state index contributed by atoms with van der Waals surface area (Å²) < 4.78 is 257. The van der Waals surface area contributed by atoms with Gasteiger partial charge in [0.05, 0.1) is 19.3 Å². The van der Waals surface area contributed by atoms with Crippen LogP contribution in [0.15, 0.2) is 0 Å². The maximum atomic E-state index is 13.4. The molecule has 16 bridgehead atoms. The number of aliphatic hydroxyl groups is 2. The SMILES string of the molecule is CC(F)(F)C(=O)OC12CC3CC(C1)C1(OC4CC(=O)OC4O1)C(C3)C2.CC(F)(F)C(=O)OC12CC3CC(C1)C1(OC4OC(=O)C(O)C4O1)C(C3)C2.CC(F)(F)C(=O)OC12CC3CC(C1)C1(OC4OC5C(O)C(=O)OC5C4O1)C(C3)C2.CC(F)(F)C(=O)OC12CC3CC(C1)C1(OC4OC5CC(=O)OC5C4O1)C(C3)C2.CC(F)(F)C(=O)OC1CCC2(CC1)OC1CC(=O)OC1O2. The predicted octanol–water partition coefficient (Wildman–Crippen LogP) is 7.58. The Bertz CT molecular complexity index is 4490. The van der Waals surface area contributed by atoms with Crippen LogP contribution in [0.1, 0.15) is 208 Å². The zero-order valence-electron chi connectivity index (χ0n) is 70.6. The van der Waals surface area contributed by atoms with E-state index < -0.39 is 221 Å². The van der Waals surface area contributed by atoms with Crippen LogP contribution in [0, 0.1) is 71.0 Å². The van der Waals surface area contributed by atoms with Crippen molar-refractivity contribution in [1.29, 1.82) is 0 Å². The number of rotatable bonds is 10. The van der Waals surface area contributed by atoms with Crippen LogP contribution in [0.4, 0.5) is 43.9 Å². The van der Waals surface area contributed by atoms with Crippen LogP contribution in [0.2, 0.25) is 0 Å². The number of aliphatic hydroxyl groups excluding tert-OH is 2. The maximum absolute atomic E-state index is 13.4. The van der Waals surface area contributed by atoms with Crippen LogP contribution in [0.25, 0.3) is 0 Å². The number of hydrogen-bond acceptors (Lipinski definition) is 34. The summed E-state index contributed by atoms with van der Waals surface area (Å²) in [6.07, 6.45) is 2.17. The molecule has 12 saturated heterocycles. The average Bonchev–Trinajstić information content (AvgIpc) is 1.59. The lowest BCUT2D eigenvalue weighted by molar-refractivity contribution is -0.343. The van der Waals surface area contributed by atoms with E-state index in [-0.39, 0.29) is 102 Å². The summed E-state index contributed by atoms with van der Waals surface area (Å²) in [6.45, 7) is 2.73. The number of alkyl halides is 10. The second kappa shape index (κ2) is 29.7. The van der Waals surface area contributed by atoms with E-state index in [1.807, 2.05) is 0 Å². The molecule has 12 aliphatic heterocycles. The molecule has 129 heavy (non-hydrogen) atoms. The van der Waals surface area contributed by atoms with Gasteiger partial charge in [0.1, 0.15) is 52.9 Å². The van der Waals surface area contributed by atoms with Crippen LogP contribution >= 0.6 is 0 Å². The summed E-state index contributed by atoms with van der Waals surface area (Å²) in [5, 5.41) is 19.8. The van der Waals surface area contributed by atoms with Crippen LogP contribution in [0.5, 0.6) is 0 Å². The van der Waals surface area contributed by atoms with Gasteiger partial charge in [-0.25, -0.2) is 33.6 Å². The predicted molar refractivity (Wildman–Crippen MR) is 387 cm³/mol. The van der Waals surface area contributed by atoms with Gasteiger partial charge in [-0.1, -0.05) is 0 Å². The number of esters is 10. The quantitative estimate of drug-likeness (QED) is 0.121. The lowest BCUT2D eigenvalue weighted by Crippen LogP contribution is -2.66. The van der Waals surface area contributed by atoms with Crippen LogP contribution in [-0.4, -0.2) is 256 Å². The Hall–Kier alpha value is -6.56. The Morgan fingerprint density at radius 2 is 0.636 bits per heavy atom. The number of hydrogen-bond donors (Lipinski definition) is 2. The van der Waals surface area contributed by atoms with Gasteiger partial charge >= 0.3 is 89.3 Å². The molecule has 0 aromatic carbocycles. The fourth-order valence-electron chi connectivity index (χ4n) is 27.8. The number of carbonyl (C=O) groups is 10. The van der Waals surface area contributed by atoms with E-state index in [2.05, 4.69) is 0 Å². The van der Waals surface area contributed by atoms with E-state index >= 15 is 0 Å². The largest absolute Gasteiger partial charge is 0.458 e. The van der Waals surface area contributed by atoms with Crippen LogP contribution in [-0.2, 0) is 152 Å². The van der Waals surface area contributed by atoms with Crippen molar-refractivity contribution in [3.8, 4) is 0 Å². The molecule has 17 aliphatic carbocycles. The van der Waals surface area contributed by atoms with E-state index in [1.165, 1.54) is 0 Å². The zero-order chi connectivity index (χ0) is 91.2. The van der Waals surface area contributed by atoms with E-state index in [0.717, 1.165) is 51.4 Å². The Labute approximate surface area is 728 Å². The first-order valence-corrected chi connectivity index (χ1v) is 44.8. The number of ether oxygens (including phenoxy) is 22. The topological polar surface area (TPSA) is 414 Å². The van der Waals surface area contributed by atoms with Gasteiger partial charge < -0.3 is 114 Å². The van der Waals surface area contributed by atoms with Crippen molar-refractivity contribution in [3.05, 3.63) is 0 Å². The van der Waals surface area contributed by atoms with E-state index in [1.54, 1.807) is 0 Å². The minimum absolute atomic E-state index is 0.0404. The molecule has 0 aromatic heterocycles. The summed E-state index contributed by atoms with van der Waals surface area (Å²) >= 11 is 0. The molecule has 24 atom stereocenters. The van der Waals surface area contributed by atoms with Gasteiger partial charge in [0.15, 0.2) is 84.2 Å². The molecule has 34 nitrogen and oxygen atoms in total. The smallest absolute Gasteiger partial charge is 0.377 e. The molecule has 17 saturated carbocycles. The molecule has 24 unspecified atom stereocenters. The van der Waals surface area contributed by atoms with Crippen molar-refractivity contribution in [3.63, 3.8) is 0 Å². The Kier molecular flexibility index (Phi) is 20.5. The summed E-state index contributed by atoms with van der Waals surface area (Å²) in [4.78, 5) is 116. The molecule has 0 amide bonds. The molecule has 714 valence electrons. The molecule has 0 aromatic rings. The fraction of sp³-hybridized carbons (Fsp3) is 0.882. The van der Waals surface area contributed by atoms with Gasteiger partial charge in [-0.15, -0.1) is 0 Å². The van der Waals surface area contributed by atoms with Gasteiger partial charge in [-0.3, -0.25) is 14.4 Å². The molecule has 12 heterocycles. The molecule has 29 fully saturated rings. The molecular formula is C85H100F10O34. The van der Waals surface area contributed by atoms with Crippen molar-refractivity contribution >= 4 is 59.7 Å². The summed E-state index contributed by atoms with van der Waals surface area (Å²) in [6, 6.07) is 0.